The summed E-state index contributed by atoms with van der Waals surface area (Å²) in [5.74, 6) is -0.501. The number of hydrogen-bond donors (Lipinski definition) is 2. The fourth-order valence-electron chi connectivity index (χ4n) is 1.46. The summed E-state index contributed by atoms with van der Waals surface area (Å²) in [5.41, 5.74) is 0.332. The van der Waals surface area contributed by atoms with Crippen LogP contribution in [0.15, 0.2) is 47.5 Å². The Morgan fingerprint density at radius 2 is 2.00 bits per heavy atom. The molecule has 3 N–H and O–H groups in total. The number of sulfonamides is 1. The summed E-state index contributed by atoms with van der Waals surface area (Å²) in [5, 5.41) is 7.70. The molecule has 2 rings (SSSR count). The minimum atomic E-state index is -3.87. The molecule has 0 bridgehead atoms. The summed E-state index contributed by atoms with van der Waals surface area (Å²) in [6, 6.07) is 8.64. The standard InChI is InChI=1S/C12H10ClN3O3S/c13-9-5-4-8(20(14,18)19)7-11(9)16-12(17)10-3-1-2-6-15-10/h1-7H,(H,16,17)(H2,14,18,19). The van der Waals surface area contributed by atoms with Crippen LogP contribution in [-0.4, -0.2) is 19.3 Å². The first-order chi connectivity index (χ1) is 9.38. The first kappa shape index (κ1) is 14.4. The number of carbonyl (C=O) groups excluding carboxylic acids is 1. The highest BCUT2D eigenvalue weighted by atomic mass is 35.5. The van der Waals surface area contributed by atoms with E-state index in [4.69, 9.17) is 16.7 Å². The summed E-state index contributed by atoms with van der Waals surface area (Å²) in [7, 11) is -3.87. The second-order valence-electron chi connectivity index (χ2n) is 3.86. The second-order valence-corrected chi connectivity index (χ2v) is 5.82. The Hall–Kier alpha value is -1.96. The van der Waals surface area contributed by atoms with Gasteiger partial charge in [-0.15, -0.1) is 0 Å². The van der Waals surface area contributed by atoms with Crippen molar-refractivity contribution in [3.63, 3.8) is 0 Å². The predicted octanol–water partition coefficient (Wildman–Crippen LogP) is 1.63. The summed E-state index contributed by atoms with van der Waals surface area (Å²) in [4.78, 5) is 15.7. The molecule has 0 unspecified atom stereocenters. The lowest BCUT2D eigenvalue weighted by Crippen LogP contribution is -2.16. The number of rotatable bonds is 3. The molecule has 0 aliphatic heterocycles. The molecule has 0 aliphatic rings. The van der Waals surface area contributed by atoms with Crippen LogP contribution in [0.25, 0.3) is 0 Å². The Labute approximate surface area is 120 Å². The zero-order valence-electron chi connectivity index (χ0n) is 10.1. The quantitative estimate of drug-likeness (QED) is 0.899. The fraction of sp³-hybridized carbons (Fsp3) is 0. The van der Waals surface area contributed by atoms with Crippen LogP contribution in [0.5, 0.6) is 0 Å². The van der Waals surface area contributed by atoms with E-state index >= 15 is 0 Å². The van der Waals surface area contributed by atoms with E-state index in [9.17, 15) is 13.2 Å². The normalized spacial score (nSPS) is 11.1. The van der Waals surface area contributed by atoms with Gasteiger partial charge in [-0.25, -0.2) is 13.6 Å². The van der Waals surface area contributed by atoms with Crippen molar-refractivity contribution in [3.05, 3.63) is 53.3 Å². The number of primary sulfonamides is 1. The minimum Gasteiger partial charge on any atom is -0.319 e. The molecule has 1 amide bonds. The van der Waals surface area contributed by atoms with E-state index < -0.39 is 15.9 Å². The van der Waals surface area contributed by atoms with Crippen molar-refractivity contribution in [1.82, 2.24) is 4.98 Å². The predicted molar refractivity (Wildman–Crippen MR) is 75.0 cm³/mol. The molecular weight excluding hydrogens is 302 g/mol. The van der Waals surface area contributed by atoms with Crippen LogP contribution in [0.2, 0.25) is 5.02 Å². The Bertz CT molecular complexity index is 748. The first-order valence-electron chi connectivity index (χ1n) is 5.42. The average Bonchev–Trinajstić information content (AvgIpc) is 2.41. The molecule has 0 spiro atoms. The van der Waals surface area contributed by atoms with Gasteiger partial charge in [0.25, 0.3) is 5.91 Å². The van der Waals surface area contributed by atoms with Gasteiger partial charge in [-0.05, 0) is 30.3 Å². The fourth-order valence-corrected chi connectivity index (χ4v) is 2.17. The van der Waals surface area contributed by atoms with Gasteiger partial charge in [0.2, 0.25) is 10.0 Å². The monoisotopic (exact) mass is 311 g/mol. The molecule has 0 atom stereocenters. The maximum Gasteiger partial charge on any atom is 0.274 e. The molecule has 20 heavy (non-hydrogen) atoms. The Kier molecular flexibility index (Phi) is 4.03. The van der Waals surface area contributed by atoms with Gasteiger partial charge in [-0.2, -0.15) is 0 Å². The number of halogens is 1. The van der Waals surface area contributed by atoms with Crippen LogP contribution < -0.4 is 10.5 Å². The Morgan fingerprint density at radius 3 is 2.60 bits per heavy atom. The third-order valence-corrected chi connectivity index (χ3v) is 3.65. The number of hydrogen-bond acceptors (Lipinski definition) is 4. The third-order valence-electron chi connectivity index (χ3n) is 2.41. The van der Waals surface area contributed by atoms with E-state index in [1.165, 1.54) is 30.5 Å². The van der Waals surface area contributed by atoms with E-state index in [1.807, 2.05) is 0 Å². The minimum absolute atomic E-state index is 0.141. The van der Waals surface area contributed by atoms with E-state index in [2.05, 4.69) is 10.3 Å². The number of aromatic nitrogens is 1. The van der Waals surface area contributed by atoms with Gasteiger partial charge in [0.1, 0.15) is 5.69 Å². The van der Waals surface area contributed by atoms with E-state index in [-0.39, 0.29) is 21.3 Å². The van der Waals surface area contributed by atoms with Crippen molar-refractivity contribution in [2.24, 2.45) is 5.14 Å². The molecule has 0 saturated carbocycles. The highest BCUT2D eigenvalue weighted by molar-refractivity contribution is 7.89. The summed E-state index contributed by atoms with van der Waals surface area (Å²) < 4.78 is 22.5. The number of nitrogens with two attached hydrogens (primary N) is 1. The van der Waals surface area contributed by atoms with Crippen molar-refractivity contribution < 1.29 is 13.2 Å². The number of nitrogens with one attached hydrogen (secondary N) is 1. The van der Waals surface area contributed by atoms with Crippen molar-refractivity contribution in [3.8, 4) is 0 Å². The lowest BCUT2D eigenvalue weighted by atomic mass is 10.3. The van der Waals surface area contributed by atoms with E-state index in [0.717, 1.165) is 0 Å². The second kappa shape index (κ2) is 5.58. The molecule has 0 saturated heterocycles. The number of amides is 1. The van der Waals surface area contributed by atoms with E-state index in [0.29, 0.717) is 0 Å². The Morgan fingerprint density at radius 1 is 1.25 bits per heavy atom. The molecule has 8 heteroatoms. The molecule has 0 radical (unpaired) electrons. The lowest BCUT2D eigenvalue weighted by molar-refractivity contribution is 0.102. The van der Waals surface area contributed by atoms with Crippen molar-refractivity contribution in [2.45, 2.75) is 4.90 Å². The van der Waals surface area contributed by atoms with Crippen molar-refractivity contribution in [2.75, 3.05) is 5.32 Å². The molecule has 2 aromatic rings. The first-order valence-corrected chi connectivity index (χ1v) is 7.35. The van der Waals surface area contributed by atoms with Gasteiger partial charge < -0.3 is 5.32 Å². The number of benzene rings is 1. The van der Waals surface area contributed by atoms with Gasteiger partial charge in [0.15, 0.2) is 0 Å². The molecule has 1 aromatic heterocycles. The van der Waals surface area contributed by atoms with E-state index in [1.54, 1.807) is 12.1 Å². The third kappa shape index (κ3) is 3.32. The molecule has 1 heterocycles. The number of pyridine rings is 1. The zero-order chi connectivity index (χ0) is 14.8. The molecular formula is C12H10ClN3O3S. The molecule has 6 nitrogen and oxygen atoms in total. The van der Waals surface area contributed by atoms with Crippen molar-refractivity contribution >= 4 is 33.2 Å². The highest BCUT2D eigenvalue weighted by Crippen LogP contribution is 2.25. The summed E-state index contributed by atoms with van der Waals surface area (Å²) in [6.45, 7) is 0. The smallest absolute Gasteiger partial charge is 0.274 e. The van der Waals surface area contributed by atoms with Gasteiger partial charge in [0, 0.05) is 6.20 Å². The van der Waals surface area contributed by atoms with Crippen LogP contribution >= 0.6 is 11.6 Å². The highest BCUT2D eigenvalue weighted by Gasteiger charge is 2.13. The zero-order valence-corrected chi connectivity index (χ0v) is 11.6. The number of carbonyl (C=O) groups is 1. The van der Waals surface area contributed by atoms with Crippen LogP contribution in [0.3, 0.4) is 0 Å². The van der Waals surface area contributed by atoms with Gasteiger partial charge in [0.05, 0.1) is 15.6 Å². The van der Waals surface area contributed by atoms with Crippen molar-refractivity contribution in [1.29, 1.82) is 0 Å². The number of anilines is 1. The number of nitrogens with zero attached hydrogens (tertiary/aromatic N) is 1. The van der Waals surface area contributed by atoms with Gasteiger partial charge in [-0.3, -0.25) is 9.78 Å². The molecule has 0 fully saturated rings. The topological polar surface area (TPSA) is 102 Å². The lowest BCUT2D eigenvalue weighted by Gasteiger charge is -2.08. The maximum atomic E-state index is 11.9. The average molecular weight is 312 g/mol. The van der Waals surface area contributed by atoms with Crippen LogP contribution in [0, 0.1) is 0 Å². The summed E-state index contributed by atoms with van der Waals surface area (Å²) in [6.07, 6.45) is 1.47. The van der Waals surface area contributed by atoms with Crippen LogP contribution in [0.1, 0.15) is 10.5 Å². The van der Waals surface area contributed by atoms with Gasteiger partial charge >= 0.3 is 0 Å². The SMILES string of the molecule is NS(=O)(=O)c1ccc(Cl)c(NC(=O)c2ccccn2)c1. The Balaban J connectivity index is 2.32. The largest absolute Gasteiger partial charge is 0.319 e. The molecule has 104 valence electrons. The van der Waals surface area contributed by atoms with Crippen LogP contribution in [0.4, 0.5) is 5.69 Å². The van der Waals surface area contributed by atoms with Gasteiger partial charge in [-0.1, -0.05) is 17.7 Å². The summed E-state index contributed by atoms with van der Waals surface area (Å²) >= 11 is 5.91. The molecule has 1 aromatic carbocycles. The maximum absolute atomic E-state index is 11.9. The van der Waals surface area contributed by atoms with Crippen LogP contribution in [-0.2, 0) is 10.0 Å². The molecule has 0 aliphatic carbocycles.